The van der Waals surface area contributed by atoms with Crippen LogP contribution in [0.4, 0.5) is 0 Å². The Morgan fingerprint density at radius 3 is 2.59 bits per heavy atom. The van der Waals surface area contributed by atoms with E-state index in [1.54, 1.807) is 12.1 Å². The Morgan fingerprint density at radius 1 is 1.41 bits per heavy atom. The maximum Gasteiger partial charge on any atom is 0.335 e. The molecule has 0 radical (unpaired) electrons. The van der Waals surface area contributed by atoms with Crippen molar-refractivity contribution < 1.29 is 9.90 Å². The SMILES string of the molecule is CCCN(CC)Cc1ccc(C(=O)O)cc1Cl. The quantitative estimate of drug-likeness (QED) is 0.848. The summed E-state index contributed by atoms with van der Waals surface area (Å²) in [5.74, 6) is -0.945. The van der Waals surface area contributed by atoms with Gasteiger partial charge in [-0.05, 0) is 37.2 Å². The van der Waals surface area contributed by atoms with Gasteiger partial charge in [0.25, 0.3) is 0 Å². The number of hydrogen-bond acceptors (Lipinski definition) is 2. The molecule has 17 heavy (non-hydrogen) atoms. The minimum atomic E-state index is -0.945. The second-order valence-corrected chi connectivity index (χ2v) is 4.39. The standard InChI is InChI=1S/C13H18ClNO2/c1-3-7-15(4-2)9-11-6-5-10(13(16)17)8-12(11)14/h5-6,8H,3-4,7,9H2,1-2H3,(H,16,17). The molecule has 0 bridgehead atoms. The Labute approximate surface area is 107 Å². The lowest BCUT2D eigenvalue weighted by molar-refractivity contribution is 0.0697. The van der Waals surface area contributed by atoms with E-state index in [2.05, 4.69) is 18.7 Å². The van der Waals surface area contributed by atoms with E-state index in [0.29, 0.717) is 5.02 Å². The summed E-state index contributed by atoms with van der Waals surface area (Å²) in [4.78, 5) is 13.1. The maximum absolute atomic E-state index is 10.8. The highest BCUT2D eigenvalue weighted by Gasteiger charge is 2.09. The molecule has 0 saturated heterocycles. The summed E-state index contributed by atoms with van der Waals surface area (Å²) in [6.45, 7) is 6.99. The van der Waals surface area contributed by atoms with Crippen LogP contribution in [0.5, 0.6) is 0 Å². The van der Waals surface area contributed by atoms with E-state index >= 15 is 0 Å². The van der Waals surface area contributed by atoms with Gasteiger partial charge in [-0.2, -0.15) is 0 Å². The monoisotopic (exact) mass is 255 g/mol. The topological polar surface area (TPSA) is 40.5 Å². The maximum atomic E-state index is 10.8. The first-order chi connectivity index (χ1) is 8.08. The highest BCUT2D eigenvalue weighted by molar-refractivity contribution is 6.31. The Morgan fingerprint density at radius 2 is 2.12 bits per heavy atom. The van der Waals surface area contributed by atoms with E-state index in [1.165, 1.54) is 6.07 Å². The molecular formula is C13H18ClNO2. The van der Waals surface area contributed by atoms with E-state index in [0.717, 1.165) is 31.6 Å². The fraction of sp³-hybridized carbons (Fsp3) is 0.462. The van der Waals surface area contributed by atoms with Crippen molar-refractivity contribution in [2.45, 2.75) is 26.8 Å². The summed E-state index contributed by atoms with van der Waals surface area (Å²) in [6.07, 6.45) is 1.10. The fourth-order valence-corrected chi connectivity index (χ4v) is 1.95. The van der Waals surface area contributed by atoms with Gasteiger partial charge in [0.2, 0.25) is 0 Å². The Hall–Kier alpha value is -1.06. The predicted molar refractivity (Wildman–Crippen MR) is 69.7 cm³/mol. The third kappa shape index (κ3) is 4.02. The third-order valence-corrected chi connectivity index (χ3v) is 3.03. The Balaban J connectivity index is 2.81. The molecule has 4 heteroatoms. The van der Waals surface area contributed by atoms with Gasteiger partial charge in [0.05, 0.1) is 5.56 Å². The van der Waals surface area contributed by atoms with Crippen LogP contribution in [0, 0.1) is 0 Å². The van der Waals surface area contributed by atoms with Gasteiger partial charge in [0.1, 0.15) is 0 Å². The van der Waals surface area contributed by atoms with Crippen molar-refractivity contribution in [3.8, 4) is 0 Å². The van der Waals surface area contributed by atoms with Crippen molar-refractivity contribution >= 4 is 17.6 Å². The lowest BCUT2D eigenvalue weighted by Crippen LogP contribution is -2.23. The van der Waals surface area contributed by atoms with Crippen molar-refractivity contribution in [2.24, 2.45) is 0 Å². The van der Waals surface area contributed by atoms with Crippen LogP contribution in [0.2, 0.25) is 5.02 Å². The van der Waals surface area contributed by atoms with E-state index in [9.17, 15) is 4.79 Å². The average molecular weight is 256 g/mol. The van der Waals surface area contributed by atoms with Crippen molar-refractivity contribution in [1.82, 2.24) is 4.90 Å². The zero-order valence-electron chi connectivity index (χ0n) is 10.2. The highest BCUT2D eigenvalue weighted by Crippen LogP contribution is 2.19. The molecule has 0 heterocycles. The second-order valence-electron chi connectivity index (χ2n) is 3.98. The van der Waals surface area contributed by atoms with Crippen LogP contribution in [0.25, 0.3) is 0 Å². The second kappa shape index (κ2) is 6.62. The van der Waals surface area contributed by atoms with Crippen LogP contribution >= 0.6 is 11.6 Å². The number of carboxylic acids is 1. The lowest BCUT2D eigenvalue weighted by atomic mass is 10.1. The first-order valence-corrected chi connectivity index (χ1v) is 6.20. The Kier molecular flexibility index (Phi) is 5.45. The minimum Gasteiger partial charge on any atom is -0.478 e. The number of halogens is 1. The molecular weight excluding hydrogens is 238 g/mol. The van der Waals surface area contributed by atoms with Gasteiger partial charge in [0, 0.05) is 11.6 Å². The van der Waals surface area contributed by atoms with Gasteiger partial charge >= 0.3 is 5.97 Å². The summed E-state index contributed by atoms with van der Waals surface area (Å²) in [5.41, 5.74) is 1.21. The summed E-state index contributed by atoms with van der Waals surface area (Å²) in [7, 11) is 0. The number of nitrogens with zero attached hydrogens (tertiary/aromatic N) is 1. The number of hydrogen-bond donors (Lipinski definition) is 1. The van der Waals surface area contributed by atoms with Gasteiger partial charge in [-0.15, -0.1) is 0 Å². The third-order valence-electron chi connectivity index (χ3n) is 2.68. The average Bonchev–Trinajstić information content (AvgIpc) is 2.30. The summed E-state index contributed by atoms with van der Waals surface area (Å²) in [6, 6.07) is 4.91. The van der Waals surface area contributed by atoms with Crippen LogP contribution in [-0.4, -0.2) is 29.1 Å². The first-order valence-electron chi connectivity index (χ1n) is 5.82. The molecule has 0 fully saturated rings. The van der Waals surface area contributed by atoms with Crippen LogP contribution in [-0.2, 0) is 6.54 Å². The van der Waals surface area contributed by atoms with E-state index in [4.69, 9.17) is 16.7 Å². The van der Waals surface area contributed by atoms with E-state index < -0.39 is 5.97 Å². The first kappa shape index (κ1) is 14.0. The Bertz CT molecular complexity index is 393. The van der Waals surface area contributed by atoms with Crippen LogP contribution in [0.1, 0.15) is 36.2 Å². The van der Waals surface area contributed by atoms with E-state index in [-0.39, 0.29) is 5.56 Å². The number of rotatable bonds is 6. The molecule has 94 valence electrons. The van der Waals surface area contributed by atoms with Crippen LogP contribution < -0.4 is 0 Å². The van der Waals surface area contributed by atoms with Gasteiger partial charge in [-0.25, -0.2) is 4.79 Å². The van der Waals surface area contributed by atoms with Crippen molar-refractivity contribution in [1.29, 1.82) is 0 Å². The fourth-order valence-electron chi connectivity index (χ4n) is 1.71. The molecule has 1 aromatic rings. The molecule has 0 unspecified atom stereocenters. The molecule has 1 N–H and O–H groups in total. The zero-order valence-corrected chi connectivity index (χ0v) is 11.0. The minimum absolute atomic E-state index is 0.234. The smallest absolute Gasteiger partial charge is 0.335 e. The van der Waals surface area contributed by atoms with Crippen molar-refractivity contribution in [3.05, 3.63) is 34.3 Å². The van der Waals surface area contributed by atoms with Crippen molar-refractivity contribution in [3.63, 3.8) is 0 Å². The molecule has 0 spiro atoms. The number of aromatic carboxylic acids is 1. The molecule has 3 nitrogen and oxygen atoms in total. The molecule has 0 aliphatic rings. The molecule has 0 amide bonds. The summed E-state index contributed by atoms with van der Waals surface area (Å²) < 4.78 is 0. The van der Waals surface area contributed by atoms with Gasteiger partial charge in [-0.1, -0.05) is 31.5 Å². The molecule has 0 saturated carbocycles. The number of carbonyl (C=O) groups is 1. The van der Waals surface area contributed by atoms with Crippen LogP contribution in [0.15, 0.2) is 18.2 Å². The van der Waals surface area contributed by atoms with Crippen LogP contribution in [0.3, 0.4) is 0 Å². The van der Waals surface area contributed by atoms with Crippen molar-refractivity contribution in [2.75, 3.05) is 13.1 Å². The molecule has 1 aromatic carbocycles. The summed E-state index contributed by atoms with van der Waals surface area (Å²) in [5, 5.41) is 9.37. The summed E-state index contributed by atoms with van der Waals surface area (Å²) >= 11 is 6.08. The largest absolute Gasteiger partial charge is 0.478 e. The predicted octanol–water partition coefficient (Wildman–Crippen LogP) is 3.27. The van der Waals surface area contributed by atoms with Gasteiger partial charge in [0.15, 0.2) is 0 Å². The zero-order chi connectivity index (χ0) is 12.8. The lowest BCUT2D eigenvalue weighted by Gasteiger charge is -2.20. The normalized spacial score (nSPS) is 10.8. The molecule has 0 aromatic heterocycles. The molecule has 0 aliphatic heterocycles. The molecule has 0 aliphatic carbocycles. The molecule has 1 rings (SSSR count). The highest BCUT2D eigenvalue weighted by atomic mass is 35.5. The molecule has 0 atom stereocenters. The van der Waals surface area contributed by atoms with Gasteiger partial charge in [-0.3, -0.25) is 4.90 Å². The van der Waals surface area contributed by atoms with E-state index in [1.807, 2.05) is 0 Å². The van der Waals surface area contributed by atoms with Gasteiger partial charge < -0.3 is 5.11 Å². The number of benzene rings is 1. The number of carboxylic acid groups (broad SMARTS) is 1.